The van der Waals surface area contributed by atoms with Crippen LogP contribution in [0.2, 0.25) is 0 Å². The molecule has 0 fully saturated rings. The zero-order chi connectivity index (χ0) is 24.2. The average molecular weight is 459 g/mol. The summed E-state index contributed by atoms with van der Waals surface area (Å²) in [7, 11) is 0. The highest BCUT2D eigenvalue weighted by Gasteiger charge is 2.18. The van der Waals surface area contributed by atoms with Crippen LogP contribution in [0.3, 0.4) is 0 Å². The van der Waals surface area contributed by atoms with Gasteiger partial charge >= 0.3 is 0 Å². The van der Waals surface area contributed by atoms with E-state index in [1.807, 2.05) is 0 Å². The van der Waals surface area contributed by atoms with Crippen LogP contribution in [0.1, 0.15) is 51.3 Å². The van der Waals surface area contributed by atoms with Crippen molar-refractivity contribution in [2.24, 2.45) is 0 Å². The Kier molecular flexibility index (Phi) is 6.22. The third kappa shape index (κ3) is 4.56. The second-order valence-electron chi connectivity index (χ2n) is 7.65. The van der Waals surface area contributed by atoms with E-state index in [-0.39, 0.29) is 28.6 Å². The third-order valence-electron chi connectivity index (χ3n) is 4.97. The molecule has 0 spiro atoms. The lowest BCUT2D eigenvalue weighted by atomic mass is 10.1. The van der Waals surface area contributed by atoms with Gasteiger partial charge in [0.15, 0.2) is 11.5 Å². The molecule has 0 aliphatic carbocycles. The molecule has 3 amide bonds. The lowest BCUT2D eigenvalue weighted by molar-refractivity contribution is 0.0843. The van der Waals surface area contributed by atoms with Crippen molar-refractivity contribution >= 4 is 34.2 Å². The molecule has 0 saturated heterocycles. The molecule has 0 radical (unpaired) electrons. The van der Waals surface area contributed by atoms with Gasteiger partial charge in [0.1, 0.15) is 0 Å². The third-order valence-corrected chi connectivity index (χ3v) is 4.97. The van der Waals surface area contributed by atoms with E-state index in [1.54, 1.807) is 56.3 Å². The Balaban J connectivity index is 1.46. The van der Waals surface area contributed by atoms with Crippen molar-refractivity contribution in [3.63, 3.8) is 0 Å². The predicted octanol–water partition coefficient (Wildman–Crippen LogP) is 2.90. The number of carbonyl (C=O) groups is 3. The molecule has 4 rings (SSSR count). The molecule has 2 aromatic carbocycles. The van der Waals surface area contributed by atoms with Crippen LogP contribution in [-0.4, -0.2) is 27.5 Å². The van der Waals surface area contributed by atoms with E-state index in [0.29, 0.717) is 16.5 Å². The molecule has 4 aromatic rings. The van der Waals surface area contributed by atoms with Gasteiger partial charge in [0.2, 0.25) is 0 Å². The number of hydrogen-bond donors (Lipinski definition) is 3. The fourth-order valence-corrected chi connectivity index (χ4v) is 3.27. The Hall–Kier alpha value is -4.73. The summed E-state index contributed by atoms with van der Waals surface area (Å²) in [5, 5.41) is 7.59. The van der Waals surface area contributed by atoms with E-state index in [4.69, 9.17) is 4.42 Å². The van der Waals surface area contributed by atoms with E-state index in [2.05, 4.69) is 21.3 Å². The van der Waals surface area contributed by atoms with Crippen LogP contribution in [0.15, 0.2) is 76.1 Å². The van der Waals surface area contributed by atoms with Crippen molar-refractivity contribution in [2.45, 2.75) is 19.9 Å². The monoisotopic (exact) mass is 459 g/mol. The maximum absolute atomic E-state index is 12.8. The molecule has 0 atom stereocenters. The first kappa shape index (κ1) is 22.5. The number of hydrogen-bond acceptors (Lipinski definition) is 6. The van der Waals surface area contributed by atoms with Crippen molar-refractivity contribution in [3.8, 4) is 0 Å². The lowest BCUT2D eigenvalue weighted by Crippen LogP contribution is -2.43. The first-order valence-corrected chi connectivity index (χ1v) is 10.4. The molecule has 10 heteroatoms. The summed E-state index contributed by atoms with van der Waals surface area (Å²) in [5.41, 5.74) is 5.11. The number of fused-ring (bicyclic) bond motifs is 1. The number of hydrazine groups is 1. The Morgan fingerprint density at radius 2 is 1.53 bits per heavy atom. The number of nitrogens with zero attached hydrogens (tertiary/aromatic N) is 2. The van der Waals surface area contributed by atoms with Crippen LogP contribution < -0.4 is 21.7 Å². The minimum absolute atomic E-state index is 0.0141. The molecule has 0 unspecified atom stereocenters. The molecule has 10 nitrogen and oxygen atoms in total. The number of furan rings is 1. The predicted molar refractivity (Wildman–Crippen MR) is 124 cm³/mol. The minimum atomic E-state index is -0.665. The van der Waals surface area contributed by atoms with Crippen molar-refractivity contribution in [3.05, 3.63) is 94.3 Å². The van der Waals surface area contributed by atoms with Crippen LogP contribution in [0.25, 0.3) is 10.8 Å². The summed E-state index contributed by atoms with van der Waals surface area (Å²) in [4.78, 5) is 50.0. The van der Waals surface area contributed by atoms with Gasteiger partial charge < -0.3 is 9.73 Å². The molecular formula is C24H21N5O5. The Morgan fingerprint density at radius 1 is 0.853 bits per heavy atom. The normalized spacial score (nSPS) is 10.8. The van der Waals surface area contributed by atoms with Crippen LogP contribution in [0.5, 0.6) is 0 Å². The first-order chi connectivity index (χ1) is 16.3. The van der Waals surface area contributed by atoms with Crippen LogP contribution in [0, 0.1) is 0 Å². The molecule has 0 bridgehead atoms. The number of benzene rings is 2. The van der Waals surface area contributed by atoms with Gasteiger partial charge in [-0.1, -0.05) is 18.2 Å². The lowest BCUT2D eigenvalue weighted by Gasteiger charge is -2.14. The standard InChI is InChI=1S/C24H21N5O5/c1-14(2)29-24(33)18-7-4-3-6-17(18)20(28-29)23(32)27-26-21(30)15-9-11-16(12-10-15)25-22(31)19-8-5-13-34-19/h3-14H,1-2H3,(H,25,31)(H,26,30)(H,27,32). The Bertz CT molecular complexity index is 1420. The van der Waals surface area contributed by atoms with E-state index < -0.39 is 17.7 Å². The number of nitrogens with one attached hydrogen (secondary N) is 3. The summed E-state index contributed by atoms with van der Waals surface area (Å²) < 4.78 is 6.26. The summed E-state index contributed by atoms with van der Waals surface area (Å²) >= 11 is 0. The zero-order valence-corrected chi connectivity index (χ0v) is 18.4. The van der Waals surface area contributed by atoms with Gasteiger partial charge in [0.05, 0.1) is 17.7 Å². The molecule has 0 aliphatic rings. The second-order valence-corrected chi connectivity index (χ2v) is 7.65. The van der Waals surface area contributed by atoms with Gasteiger partial charge in [-0.05, 0) is 56.3 Å². The SMILES string of the molecule is CC(C)n1nc(C(=O)NNC(=O)c2ccc(NC(=O)c3ccco3)cc2)c2ccccc2c1=O. The summed E-state index contributed by atoms with van der Waals surface area (Å²) in [6.45, 7) is 3.57. The second kappa shape index (κ2) is 9.41. The molecule has 0 saturated carbocycles. The largest absolute Gasteiger partial charge is 0.459 e. The molecule has 2 heterocycles. The van der Waals surface area contributed by atoms with E-state index in [9.17, 15) is 19.2 Å². The van der Waals surface area contributed by atoms with E-state index in [0.717, 1.165) is 0 Å². The van der Waals surface area contributed by atoms with Crippen molar-refractivity contribution in [2.75, 3.05) is 5.32 Å². The topological polar surface area (TPSA) is 135 Å². The molecular weight excluding hydrogens is 438 g/mol. The van der Waals surface area contributed by atoms with Gasteiger partial charge in [-0.2, -0.15) is 5.10 Å². The fraction of sp³-hybridized carbons (Fsp3) is 0.125. The van der Waals surface area contributed by atoms with Crippen LogP contribution in [0.4, 0.5) is 5.69 Å². The number of anilines is 1. The minimum Gasteiger partial charge on any atom is -0.459 e. The molecule has 34 heavy (non-hydrogen) atoms. The van der Waals surface area contributed by atoms with Crippen molar-refractivity contribution in [1.29, 1.82) is 0 Å². The Labute approximate surface area is 193 Å². The van der Waals surface area contributed by atoms with Crippen molar-refractivity contribution in [1.82, 2.24) is 20.6 Å². The summed E-state index contributed by atoms with van der Waals surface area (Å²) in [6.07, 6.45) is 1.40. The fourth-order valence-electron chi connectivity index (χ4n) is 3.27. The maximum atomic E-state index is 12.8. The first-order valence-electron chi connectivity index (χ1n) is 10.4. The highest BCUT2D eigenvalue weighted by molar-refractivity contribution is 6.06. The van der Waals surface area contributed by atoms with Gasteiger partial charge in [0, 0.05) is 16.6 Å². The number of carbonyl (C=O) groups excluding carboxylic acids is 3. The molecule has 3 N–H and O–H groups in total. The number of amides is 3. The van der Waals surface area contributed by atoms with Crippen LogP contribution >= 0.6 is 0 Å². The Morgan fingerprint density at radius 3 is 2.18 bits per heavy atom. The zero-order valence-electron chi connectivity index (χ0n) is 18.4. The number of aromatic nitrogens is 2. The summed E-state index contributed by atoms with van der Waals surface area (Å²) in [6, 6.07) is 15.6. The highest BCUT2D eigenvalue weighted by Crippen LogP contribution is 2.15. The summed E-state index contributed by atoms with van der Waals surface area (Å²) in [5.74, 6) is -1.49. The molecule has 0 aliphatic heterocycles. The molecule has 2 aromatic heterocycles. The number of rotatable bonds is 5. The van der Waals surface area contributed by atoms with Crippen LogP contribution in [-0.2, 0) is 0 Å². The maximum Gasteiger partial charge on any atom is 0.291 e. The molecule has 172 valence electrons. The van der Waals surface area contributed by atoms with E-state index >= 15 is 0 Å². The van der Waals surface area contributed by atoms with Gasteiger partial charge in [-0.3, -0.25) is 30.0 Å². The quantitative estimate of drug-likeness (QED) is 0.393. The van der Waals surface area contributed by atoms with Gasteiger partial charge in [0.25, 0.3) is 23.3 Å². The average Bonchev–Trinajstić information content (AvgIpc) is 3.38. The van der Waals surface area contributed by atoms with Gasteiger partial charge in [-0.15, -0.1) is 0 Å². The van der Waals surface area contributed by atoms with Gasteiger partial charge in [-0.25, -0.2) is 4.68 Å². The van der Waals surface area contributed by atoms with Crippen molar-refractivity contribution < 1.29 is 18.8 Å². The highest BCUT2D eigenvalue weighted by atomic mass is 16.3. The van der Waals surface area contributed by atoms with E-state index in [1.165, 1.54) is 29.1 Å². The smallest absolute Gasteiger partial charge is 0.291 e.